The van der Waals surface area contributed by atoms with Crippen molar-refractivity contribution in [1.29, 1.82) is 0 Å². The molecule has 96 heavy (non-hydrogen) atoms. The monoisotopic (exact) mass is 1460 g/mol. The first-order valence-corrected chi connectivity index (χ1v) is 36.1. The van der Waals surface area contributed by atoms with E-state index in [0.29, 0.717) is 0 Å². The zero-order valence-corrected chi connectivity index (χ0v) is 54.8. The van der Waals surface area contributed by atoms with E-state index in [9.17, 15) is 101 Å². The summed E-state index contributed by atoms with van der Waals surface area (Å²) in [5.41, 5.74) is 0. The van der Waals surface area contributed by atoms with Crippen molar-refractivity contribution >= 4 is 70.9 Å². The van der Waals surface area contributed by atoms with E-state index in [1.54, 1.807) is 0 Å². The van der Waals surface area contributed by atoms with Crippen LogP contribution in [0.3, 0.4) is 0 Å². The van der Waals surface area contributed by atoms with Crippen LogP contribution in [0.4, 0.5) is 0 Å². The standard InChI is InChI=1S/C56H88O36S4/c57-23-10-22-14-77-49(23)85-29-15-79-53(43(73)39(29)69)83-27-11-25(59)51(87-31(27)17-93-5-1-35(61)62)91-47-33(19-95-7-3-37(65)66)89-55(45(75)41(47)71)81-21-9-24(58)50(78-13-21)86-30-16-80-54(44(74)40(30)70)84-28-12-26(60)52(88-32(28)18-94-6-2-36(63)64)92-48-34(20-96-8-4-38(67)68)90-56(82-22)46(76)42(48)72/h21-34,39-60,69-76H,1-20H2,(H,61,62)(H,63,64)(H,65,66)(H,67,68)/t21-,22-,23+,24+,25+,26+,27-,28-,29+,30+,31+,32+,33+,34+,39-,40-,41+,42+,43+,44+,45+,46+,47+,48+,49+,50+,51+,52+,53+,54+,55-,56-/m0/s1. The number of thioether (sulfide) groups is 4. The number of aliphatic hydroxyl groups is 12. The van der Waals surface area contributed by atoms with E-state index in [4.69, 9.17) is 75.8 Å². The maximum absolute atomic E-state index is 11.8. The lowest BCUT2D eigenvalue weighted by molar-refractivity contribution is -0.371. The number of hydrogen-bond donors (Lipinski definition) is 16. The van der Waals surface area contributed by atoms with Crippen molar-refractivity contribution in [3.8, 4) is 0 Å². The van der Waals surface area contributed by atoms with E-state index in [1.165, 1.54) is 0 Å². The van der Waals surface area contributed by atoms with Crippen molar-refractivity contribution in [3.05, 3.63) is 0 Å². The summed E-state index contributed by atoms with van der Waals surface area (Å²) in [4.78, 5) is 45.8. The third kappa shape index (κ3) is 21.2. The molecule has 0 saturated carbocycles. The minimum Gasteiger partial charge on any atom is -0.481 e. The first kappa shape index (κ1) is 78.3. The van der Waals surface area contributed by atoms with Crippen LogP contribution in [-0.4, -0.2) is 375 Å². The van der Waals surface area contributed by atoms with Crippen molar-refractivity contribution in [1.82, 2.24) is 0 Å². The Kier molecular flexibility index (Phi) is 30.2. The molecule has 0 spiro atoms. The number of rotatable bonds is 20. The molecule has 40 heteroatoms. The van der Waals surface area contributed by atoms with E-state index >= 15 is 0 Å². The second-order valence-electron chi connectivity index (χ2n) is 24.4. The van der Waals surface area contributed by atoms with Gasteiger partial charge in [-0.3, -0.25) is 19.2 Å². The first-order chi connectivity index (χ1) is 45.8. The molecule has 36 nitrogen and oxygen atoms in total. The van der Waals surface area contributed by atoms with Crippen LogP contribution in [0.25, 0.3) is 0 Å². The van der Waals surface area contributed by atoms with Gasteiger partial charge in [-0.1, -0.05) is 0 Å². The Morgan fingerprint density at radius 3 is 0.906 bits per heavy atom. The molecule has 0 aliphatic carbocycles. The summed E-state index contributed by atoms with van der Waals surface area (Å²) in [5, 5.41) is 176. The smallest absolute Gasteiger partial charge is 0.304 e. The average molecular weight is 1470 g/mol. The van der Waals surface area contributed by atoms with Gasteiger partial charge < -0.3 is 157 Å². The summed E-state index contributed by atoms with van der Waals surface area (Å²) < 4.78 is 97.1. The number of aliphatic carboxylic acids is 4. The van der Waals surface area contributed by atoms with Crippen LogP contribution < -0.4 is 0 Å². The predicted octanol–water partition coefficient (Wildman–Crippen LogP) is -5.87. The zero-order chi connectivity index (χ0) is 69.1. The third-order valence-corrected chi connectivity index (χ3v) is 21.4. The largest absolute Gasteiger partial charge is 0.481 e. The topological polar surface area (TPSA) is 540 Å². The Hall–Kier alpha value is -1.84. The maximum atomic E-state index is 11.8. The van der Waals surface area contributed by atoms with E-state index in [-0.39, 0.29) is 111 Å². The van der Waals surface area contributed by atoms with Gasteiger partial charge in [0.2, 0.25) is 0 Å². The van der Waals surface area contributed by atoms with E-state index in [0.717, 1.165) is 47.0 Å². The molecule has 30 saturated heterocycles. The second-order valence-corrected chi connectivity index (χ2v) is 29.0. The third-order valence-electron chi connectivity index (χ3n) is 17.1. The van der Waals surface area contributed by atoms with Gasteiger partial charge in [0.25, 0.3) is 0 Å². The fourth-order valence-corrected chi connectivity index (χ4v) is 16.0. The molecule has 0 radical (unpaired) electrons. The molecule has 30 heterocycles. The van der Waals surface area contributed by atoms with Crippen molar-refractivity contribution in [2.24, 2.45) is 0 Å². The Morgan fingerprint density at radius 1 is 0.281 bits per heavy atom. The van der Waals surface area contributed by atoms with Crippen molar-refractivity contribution < 1.29 is 177 Å². The minimum atomic E-state index is -1.89. The molecule has 0 aromatic heterocycles. The minimum absolute atomic E-state index is 0.00884. The van der Waals surface area contributed by atoms with Crippen molar-refractivity contribution in [2.75, 3.05) is 72.5 Å². The molecule has 16 bridgehead atoms. The summed E-state index contributed by atoms with van der Waals surface area (Å²) in [6.07, 6.45) is -50.7. The highest BCUT2D eigenvalue weighted by molar-refractivity contribution is 8.00. The molecule has 30 fully saturated rings. The molecule has 30 rings (SSSR count). The van der Waals surface area contributed by atoms with E-state index in [2.05, 4.69) is 0 Å². The molecule has 552 valence electrons. The van der Waals surface area contributed by atoms with Crippen LogP contribution >= 0.6 is 47.0 Å². The number of aliphatic hydroxyl groups excluding tert-OH is 12. The molecule has 0 aromatic carbocycles. The fraction of sp³-hybridized carbons (Fsp3) is 0.929. The Balaban J connectivity index is 0.941. The Labute approximate surface area is 565 Å². The molecular formula is C56H88O36S4. The van der Waals surface area contributed by atoms with Gasteiger partial charge in [0.05, 0.1) is 101 Å². The highest BCUT2D eigenvalue weighted by Crippen LogP contribution is 2.39. The lowest BCUT2D eigenvalue weighted by Crippen LogP contribution is -2.64. The van der Waals surface area contributed by atoms with Gasteiger partial charge >= 0.3 is 23.9 Å². The number of carboxylic acids is 4. The molecule has 0 aromatic rings. The Bertz CT molecular complexity index is 2280. The van der Waals surface area contributed by atoms with Gasteiger partial charge in [-0.05, 0) is 0 Å². The number of carboxylic acid groups (broad SMARTS) is 4. The molecule has 0 unspecified atom stereocenters. The predicted molar refractivity (Wildman–Crippen MR) is 321 cm³/mol. The molecule has 30 aliphatic heterocycles. The van der Waals surface area contributed by atoms with E-state index < -0.39 is 234 Å². The highest BCUT2D eigenvalue weighted by Gasteiger charge is 2.55. The number of hydrogen-bond acceptors (Lipinski definition) is 36. The summed E-state index contributed by atoms with van der Waals surface area (Å²) in [7, 11) is 0. The second kappa shape index (κ2) is 37.0. The van der Waals surface area contributed by atoms with Crippen LogP contribution in [0.2, 0.25) is 0 Å². The van der Waals surface area contributed by atoms with Crippen LogP contribution in [-0.2, 0) is 95.0 Å². The van der Waals surface area contributed by atoms with Crippen LogP contribution in [0, 0.1) is 0 Å². The fourth-order valence-electron chi connectivity index (χ4n) is 12.0. The van der Waals surface area contributed by atoms with Crippen LogP contribution in [0.1, 0.15) is 51.4 Å². The van der Waals surface area contributed by atoms with E-state index in [1.807, 2.05) is 0 Å². The van der Waals surface area contributed by atoms with Gasteiger partial charge in [0, 0.05) is 71.7 Å². The van der Waals surface area contributed by atoms with Crippen molar-refractivity contribution in [3.63, 3.8) is 0 Å². The number of ether oxygens (including phenoxy) is 16. The molecular weight excluding hydrogens is 1380 g/mol. The van der Waals surface area contributed by atoms with Gasteiger partial charge in [-0.25, -0.2) is 0 Å². The number of carbonyl (C=O) groups is 4. The van der Waals surface area contributed by atoms with Crippen molar-refractivity contribution in [2.45, 2.75) is 248 Å². The maximum Gasteiger partial charge on any atom is 0.304 e. The summed E-state index contributed by atoms with van der Waals surface area (Å²) in [6.45, 7) is -1.63. The van der Waals surface area contributed by atoms with Gasteiger partial charge in [0.1, 0.15) is 97.7 Å². The first-order valence-electron chi connectivity index (χ1n) is 31.5. The van der Waals surface area contributed by atoms with Crippen LogP contribution in [0.15, 0.2) is 0 Å². The molecule has 16 N–H and O–H groups in total. The Morgan fingerprint density at radius 2 is 0.573 bits per heavy atom. The van der Waals surface area contributed by atoms with Gasteiger partial charge in [-0.2, -0.15) is 47.0 Å². The summed E-state index contributed by atoms with van der Waals surface area (Å²) >= 11 is 4.42. The van der Waals surface area contributed by atoms with Crippen LogP contribution in [0.5, 0.6) is 0 Å². The molecule has 0 amide bonds. The highest BCUT2D eigenvalue weighted by atomic mass is 32.2. The lowest BCUT2D eigenvalue weighted by Gasteiger charge is -2.48. The van der Waals surface area contributed by atoms with Gasteiger partial charge in [0.15, 0.2) is 50.3 Å². The quantitative estimate of drug-likeness (QED) is 0.0505. The zero-order valence-electron chi connectivity index (χ0n) is 51.6. The SMILES string of the molecule is O=C(O)CCSC[C@H]1O[C@@H]2O[C@@H]3CO[C@H](O[C@@H]4CO[C@H](O[C@H]5C[C@@H](O)[C@@H](O[C@H]6[C@H](O)[C@@H](O)[C@@H](O[C@@H]7CO[C@H](O[C@@H]8CO[C@H](O[C@H]9C[C@@H](O)[C@@H](O[C@H]1[C@H](O)[C@H]2O)O[C@@H]9CSCCC(=O)O)[C@H](O)[C@H]8O)[C@H](O)C7)O[C@@H]6CSCCC(=O)O)O[C@@H]5CSCCC(=O)O)[C@H](O)[C@H]4O)[C@H](O)C3. The lowest BCUT2D eigenvalue weighted by atomic mass is 9.98. The molecule has 32 atom stereocenters. The molecule has 30 aliphatic rings. The summed E-state index contributed by atoms with van der Waals surface area (Å²) in [6, 6.07) is 0. The average Bonchev–Trinajstić information content (AvgIpc) is 0.802. The van der Waals surface area contributed by atoms with Gasteiger partial charge in [-0.15, -0.1) is 0 Å². The summed E-state index contributed by atoms with van der Waals surface area (Å²) in [5.74, 6) is -4.26. The normalized spacial score (nSPS) is 45.3.